The average molecular weight is 686 g/mol. The number of benzene rings is 1. The summed E-state index contributed by atoms with van der Waals surface area (Å²) in [4.78, 5) is 59.9. The number of pyridine rings is 2. The van der Waals surface area contributed by atoms with Crippen molar-refractivity contribution in [1.29, 1.82) is 0 Å². The molecule has 2 saturated heterocycles. The maximum atomic E-state index is 14.0. The fraction of sp³-hybridized carbons (Fsp3) is 0.294. The summed E-state index contributed by atoms with van der Waals surface area (Å²) >= 11 is 1.08. The quantitative estimate of drug-likeness (QED) is 0.174. The highest BCUT2D eigenvalue weighted by atomic mass is 32.1. The highest BCUT2D eigenvalue weighted by molar-refractivity contribution is 7.17. The van der Waals surface area contributed by atoms with Gasteiger partial charge in [0, 0.05) is 63.5 Å². The Labute approximate surface area is 287 Å². The van der Waals surface area contributed by atoms with E-state index in [1.807, 2.05) is 36.0 Å². The smallest absolute Gasteiger partial charge is 0.267 e. The fourth-order valence-corrected chi connectivity index (χ4v) is 6.06. The van der Waals surface area contributed by atoms with E-state index in [9.17, 15) is 18.8 Å². The Kier molecular flexibility index (Phi) is 10.1. The lowest BCUT2D eigenvalue weighted by Crippen LogP contribution is -2.50. The van der Waals surface area contributed by atoms with Gasteiger partial charge in [0.1, 0.15) is 10.7 Å². The Bertz CT molecular complexity index is 1890. The first kappa shape index (κ1) is 33.5. The zero-order valence-electron chi connectivity index (χ0n) is 27.4. The Hall–Kier alpha value is -5.41. The number of nitrogens with one attached hydrogen (secondary N) is 2. The van der Waals surface area contributed by atoms with Crippen molar-refractivity contribution in [3.8, 4) is 17.0 Å². The van der Waals surface area contributed by atoms with E-state index >= 15 is 0 Å². The maximum Gasteiger partial charge on any atom is 0.267 e. The van der Waals surface area contributed by atoms with Gasteiger partial charge < -0.3 is 35.0 Å². The first-order valence-corrected chi connectivity index (χ1v) is 16.5. The van der Waals surface area contributed by atoms with E-state index in [-0.39, 0.29) is 22.4 Å². The molecule has 4 aromatic rings. The number of anilines is 5. The summed E-state index contributed by atoms with van der Waals surface area (Å²) in [7, 11) is 5.42. The Morgan fingerprint density at radius 3 is 2.55 bits per heavy atom. The zero-order chi connectivity index (χ0) is 34.5. The standard InChI is InChI=1S/C34H36FN9O4S/c1-41(2)13-6-9-29(45)42-15-17-43(18-16-42)32-26(44-14-12-30(44)46)19-22(20-36-32)24-10-11-27(48-3)31(38-24)40-34-37-21-28(49-34)33(47)39-25-8-5-4-7-23(25)35/h4-11,19-21H,12-18H2,1-3H3,(H,39,47)(H,37,38,40)/b9-6+. The summed E-state index contributed by atoms with van der Waals surface area (Å²) in [5, 5.41) is 6.07. The molecule has 0 radical (unpaired) electrons. The number of halogens is 1. The number of rotatable bonds is 11. The third-order valence-electron chi connectivity index (χ3n) is 8.06. The van der Waals surface area contributed by atoms with Crippen LogP contribution < -0.4 is 25.2 Å². The Morgan fingerprint density at radius 2 is 1.86 bits per heavy atom. The van der Waals surface area contributed by atoms with Crippen molar-refractivity contribution in [3.63, 3.8) is 0 Å². The van der Waals surface area contributed by atoms with Gasteiger partial charge in [-0.3, -0.25) is 14.4 Å². The van der Waals surface area contributed by atoms with Crippen LogP contribution in [-0.2, 0) is 9.59 Å². The molecule has 3 amide bonds. The van der Waals surface area contributed by atoms with Crippen LogP contribution >= 0.6 is 11.3 Å². The summed E-state index contributed by atoms with van der Waals surface area (Å²) in [6.07, 6.45) is 7.07. The van der Waals surface area contributed by atoms with Gasteiger partial charge in [-0.05, 0) is 44.4 Å². The number of para-hydroxylation sites is 1. The van der Waals surface area contributed by atoms with Crippen molar-refractivity contribution in [3.05, 3.63) is 77.7 Å². The largest absolute Gasteiger partial charge is 0.493 e. The second kappa shape index (κ2) is 14.8. The number of carbonyl (C=O) groups is 3. The van der Waals surface area contributed by atoms with Crippen molar-refractivity contribution in [1.82, 2.24) is 24.8 Å². The van der Waals surface area contributed by atoms with Gasteiger partial charge in [0.05, 0.1) is 30.4 Å². The lowest BCUT2D eigenvalue weighted by molar-refractivity contribution is -0.126. The lowest BCUT2D eigenvalue weighted by atomic mass is 10.1. The number of piperazine rings is 1. The number of nitrogens with zero attached hydrogens (tertiary/aromatic N) is 7. The molecule has 0 bridgehead atoms. The first-order chi connectivity index (χ1) is 23.7. The monoisotopic (exact) mass is 685 g/mol. The first-order valence-electron chi connectivity index (χ1n) is 15.7. The van der Waals surface area contributed by atoms with Crippen LogP contribution in [-0.4, -0.2) is 103 Å². The molecular weight excluding hydrogens is 649 g/mol. The second-order valence-electron chi connectivity index (χ2n) is 11.7. The van der Waals surface area contributed by atoms with Gasteiger partial charge in [0.25, 0.3) is 5.91 Å². The van der Waals surface area contributed by atoms with Crippen LogP contribution in [0.5, 0.6) is 5.75 Å². The van der Waals surface area contributed by atoms with Crippen LogP contribution in [0.2, 0.25) is 0 Å². The second-order valence-corrected chi connectivity index (χ2v) is 12.7. The van der Waals surface area contributed by atoms with Crippen molar-refractivity contribution < 1.29 is 23.5 Å². The molecule has 49 heavy (non-hydrogen) atoms. The molecule has 2 aliphatic heterocycles. The summed E-state index contributed by atoms with van der Waals surface area (Å²) in [6, 6.07) is 11.4. The van der Waals surface area contributed by atoms with Crippen LogP contribution in [0.1, 0.15) is 16.1 Å². The predicted molar refractivity (Wildman–Crippen MR) is 187 cm³/mol. The SMILES string of the molecule is COc1ccc(-c2cnc(N3CCN(C(=O)/C=C/CN(C)C)CC3)c(N3CCC3=O)c2)nc1Nc1ncc(C(=O)Nc2ccccc2F)s1. The molecule has 254 valence electrons. The Morgan fingerprint density at radius 1 is 1.06 bits per heavy atom. The molecule has 0 unspecified atom stereocenters. The fourth-order valence-electron chi connectivity index (χ4n) is 5.35. The third-order valence-corrected chi connectivity index (χ3v) is 8.97. The number of aromatic nitrogens is 3. The molecule has 15 heteroatoms. The van der Waals surface area contributed by atoms with Gasteiger partial charge in [0.15, 0.2) is 22.5 Å². The zero-order valence-corrected chi connectivity index (χ0v) is 28.2. The van der Waals surface area contributed by atoms with E-state index in [0.717, 1.165) is 11.3 Å². The topological polar surface area (TPSA) is 136 Å². The number of hydrogen-bond acceptors (Lipinski definition) is 11. The molecule has 1 aromatic carbocycles. The van der Waals surface area contributed by atoms with E-state index in [0.29, 0.717) is 85.2 Å². The van der Waals surface area contributed by atoms with Crippen LogP contribution in [0.4, 0.5) is 32.5 Å². The summed E-state index contributed by atoms with van der Waals surface area (Å²) < 4.78 is 19.6. The lowest BCUT2D eigenvalue weighted by Gasteiger charge is -2.39. The van der Waals surface area contributed by atoms with Crippen molar-refractivity contribution in [2.45, 2.75) is 6.42 Å². The minimum Gasteiger partial charge on any atom is -0.493 e. The average Bonchev–Trinajstić information content (AvgIpc) is 3.57. The molecule has 0 saturated carbocycles. The van der Waals surface area contributed by atoms with E-state index in [4.69, 9.17) is 14.7 Å². The van der Waals surface area contributed by atoms with Crippen LogP contribution in [0.3, 0.4) is 0 Å². The molecule has 3 aromatic heterocycles. The van der Waals surface area contributed by atoms with Gasteiger partial charge in [0.2, 0.25) is 11.8 Å². The summed E-state index contributed by atoms with van der Waals surface area (Å²) in [5.41, 5.74) is 2.03. The van der Waals surface area contributed by atoms with Crippen LogP contribution in [0.15, 0.2) is 67.0 Å². The predicted octanol–water partition coefficient (Wildman–Crippen LogP) is 4.25. The number of β-lactam (4-membered cyclic amide) rings is 1. The maximum absolute atomic E-state index is 14.0. The van der Waals surface area contributed by atoms with E-state index in [1.54, 1.807) is 41.4 Å². The molecule has 0 spiro atoms. The normalized spacial score (nSPS) is 14.7. The number of hydrogen-bond donors (Lipinski definition) is 2. The number of thiazole rings is 1. The number of carbonyl (C=O) groups excluding carboxylic acids is 3. The molecule has 6 rings (SSSR count). The molecule has 2 N–H and O–H groups in total. The summed E-state index contributed by atoms with van der Waals surface area (Å²) in [5.74, 6) is 0.467. The van der Waals surface area contributed by atoms with Crippen molar-refractivity contribution in [2.24, 2.45) is 0 Å². The van der Waals surface area contributed by atoms with E-state index < -0.39 is 11.7 Å². The minimum atomic E-state index is -0.535. The highest BCUT2D eigenvalue weighted by Gasteiger charge is 2.31. The molecule has 0 aliphatic carbocycles. The van der Waals surface area contributed by atoms with Gasteiger partial charge in [-0.15, -0.1) is 0 Å². The van der Waals surface area contributed by atoms with Crippen molar-refractivity contribution in [2.75, 3.05) is 80.9 Å². The van der Waals surface area contributed by atoms with Gasteiger partial charge in [-0.2, -0.15) is 0 Å². The molecule has 13 nitrogen and oxygen atoms in total. The van der Waals surface area contributed by atoms with E-state index in [1.165, 1.54) is 25.4 Å². The number of amides is 3. The molecular formula is C34H36FN9O4S. The van der Waals surface area contributed by atoms with E-state index in [2.05, 4.69) is 20.5 Å². The third kappa shape index (κ3) is 7.68. The van der Waals surface area contributed by atoms with Crippen LogP contribution in [0, 0.1) is 5.82 Å². The van der Waals surface area contributed by atoms with Crippen LogP contribution in [0.25, 0.3) is 11.3 Å². The molecule has 2 aliphatic rings. The number of ether oxygens (including phenoxy) is 1. The number of methoxy groups -OCH3 is 1. The molecule has 0 atom stereocenters. The highest BCUT2D eigenvalue weighted by Crippen LogP contribution is 2.37. The van der Waals surface area contributed by atoms with Crippen molar-refractivity contribution >= 4 is 57.2 Å². The van der Waals surface area contributed by atoms with Gasteiger partial charge in [-0.25, -0.2) is 19.3 Å². The minimum absolute atomic E-state index is 0.0160. The summed E-state index contributed by atoms with van der Waals surface area (Å²) in [6.45, 7) is 3.53. The van der Waals surface area contributed by atoms with Gasteiger partial charge in [-0.1, -0.05) is 29.5 Å². The van der Waals surface area contributed by atoms with Gasteiger partial charge >= 0.3 is 0 Å². The molecule has 2 fully saturated rings. The Balaban J connectivity index is 1.20. The molecule has 5 heterocycles. The number of likely N-dealkylation sites (N-methyl/N-ethyl adjacent to an activating group) is 1.